The summed E-state index contributed by atoms with van der Waals surface area (Å²) in [6.07, 6.45) is -2.79. The maximum atomic E-state index is 12.9. The number of alkyl halides is 3. The minimum Gasteiger partial charge on any atom is -0.465 e. The molecule has 0 fully saturated rings. The van der Waals surface area contributed by atoms with Crippen molar-refractivity contribution in [2.24, 2.45) is 0 Å². The van der Waals surface area contributed by atoms with Crippen molar-refractivity contribution in [1.82, 2.24) is 14.8 Å². The van der Waals surface area contributed by atoms with Gasteiger partial charge in [-0.2, -0.15) is 18.3 Å². The molecule has 0 spiro atoms. The predicted molar refractivity (Wildman–Crippen MR) is 109 cm³/mol. The molecule has 3 rings (SSSR count). The molecule has 0 atom stereocenters. The van der Waals surface area contributed by atoms with Gasteiger partial charge in [-0.15, -0.1) is 0 Å². The van der Waals surface area contributed by atoms with Crippen molar-refractivity contribution in [3.05, 3.63) is 53.5 Å². The second kappa shape index (κ2) is 8.58. The Bertz CT molecular complexity index is 1170. The van der Waals surface area contributed by atoms with E-state index in [0.717, 1.165) is 25.3 Å². The van der Waals surface area contributed by atoms with Crippen LogP contribution in [0.4, 0.5) is 18.9 Å². The Kier molecular flexibility index (Phi) is 6.22. The van der Waals surface area contributed by atoms with Crippen LogP contribution in [0.2, 0.25) is 0 Å². The lowest BCUT2D eigenvalue weighted by atomic mass is 10.1. The van der Waals surface area contributed by atoms with Crippen LogP contribution in [0.1, 0.15) is 46.8 Å². The summed E-state index contributed by atoms with van der Waals surface area (Å²) < 4.78 is 45.1. The summed E-state index contributed by atoms with van der Waals surface area (Å²) in [6.45, 7) is 3.69. The summed E-state index contributed by atoms with van der Waals surface area (Å²) in [5.74, 6) is -1.68. The third-order valence-corrected chi connectivity index (χ3v) is 4.64. The summed E-state index contributed by atoms with van der Waals surface area (Å²) in [5.41, 5.74) is -2.00. The number of anilines is 1. The fourth-order valence-corrected chi connectivity index (χ4v) is 2.97. The number of fused-ring (bicyclic) bond motifs is 1. The van der Waals surface area contributed by atoms with Gasteiger partial charge >= 0.3 is 12.1 Å². The van der Waals surface area contributed by atoms with Crippen molar-refractivity contribution < 1.29 is 32.6 Å². The number of hydrogen-bond donors (Lipinski definition) is 2. The minimum atomic E-state index is -4.70. The Hall–Kier alpha value is -3.47. The van der Waals surface area contributed by atoms with Gasteiger partial charge in [0.15, 0.2) is 0 Å². The van der Waals surface area contributed by atoms with Gasteiger partial charge in [0.25, 0.3) is 5.91 Å². The van der Waals surface area contributed by atoms with E-state index in [9.17, 15) is 27.9 Å². The number of esters is 1. The molecule has 11 heteroatoms. The van der Waals surface area contributed by atoms with E-state index in [1.807, 2.05) is 0 Å². The Morgan fingerprint density at radius 3 is 2.56 bits per heavy atom. The number of rotatable bonds is 6. The zero-order chi connectivity index (χ0) is 23.7. The molecule has 0 aliphatic rings. The Morgan fingerprint density at radius 1 is 1.22 bits per heavy atom. The molecule has 2 N–H and O–H groups in total. The fourth-order valence-electron chi connectivity index (χ4n) is 2.97. The molecule has 0 aliphatic heterocycles. The van der Waals surface area contributed by atoms with Crippen molar-refractivity contribution in [2.45, 2.75) is 38.6 Å². The lowest BCUT2D eigenvalue weighted by Crippen LogP contribution is -2.21. The van der Waals surface area contributed by atoms with Crippen molar-refractivity contribution in [3.63, 3.8) is 0 Å². The second-order valence-corrected chi connectivity index (χ2v) is 7.74. The number of pyridine rings is 1. The molecule has 0 saturated carbocycles. The number of hydrogen-bond acceptors (Lipinski definition) is 6. The van der Waals surface area contributed by atoms with E-state index >= 15 is 0 Å². The SMILES string of the molecule is COC(=O)c1cc2c(cnn2CCC(C)(C)O)cc1NC(=O)c1cccc(C(F)(F)F)n1. The summed E-state index contributed by atoms with van der Waals surface area (Å²) in [4.78, 5) is 28.2. The van der Waals surface area contributed by atoms with Crippen LogP contribution in [-0.2, 0) is 17.5 Å². The van der Waals surface area contributed by atoms with Gasteiger partial charge in [0.2, 0.25) is 0 Å². The molecule has 1 amide bonds. The molecule has 1 aromatic carbocycles. The third kappa shape index (κ3) is 5.22. The van der Waals surface area contributed by atoms with E-state index < -0.39 is 35.0 Å². The first-order valence-corrected chi connectivity index (χ1v) is 9.55. The summed E-state index contributed by atoms with van der Waals surface area (Å²) in [7, 11) is 1.16. The van der Waals surface area contributed by atoms with Crippen LogP contribution in [0.25, 0.3) is 10.9 Å². The molecular weight excluding hydrogens is 429 g/mol. The number of carbonyl (C=O) groups is 2. The number of benzene rings is 1. The standard InChI is InChI=1S/C21H21F3N4O4/c1-20(2,31)7-8-28-16-10-13(19(30)32-3)15(9-12(16)11-25-28)27-18(29)14-5-4-6-17(26-14)21(22,23)24/h4-6,9-11,31H,7-8H2,1-3H3,(H,27,29). The molecule has 0 saturated heterocycles. The summed E-state index contributed by atoms with van der Waals surface area (Å²) in [6, 6.07) is 5.90. The predicted octanol–water partition coefficient (Wildman–Crippen LogP) is 3.65. The van der Waals surface area contributed by atoms with Crippen molar-refractivity contribution in [3.8, 4) is 0 Å². The fraction of sp³-hybridized carbons (Fsp3) is 0.333. The summed E-state index contributed by atoms with van der Waals surface area (Å²) >= 11 is 0. The van der Waals surface area contributed by atoms with Crippen molar-refractivity contribution in [1.29, 1.82) is 0 Å². The van der Waals surface area contributed by atoms with E-state index in [2.05, 4.69) is 15.4 Å². The van der Waals surface area contributed by atoms with E-state index in [1.165, 1.54) is 18.3 Å². The number of aromatic nitrogens is 3. The number of carbonyl (C=O) groups excluding carboxylic acids is 2. The molecule has 3 aromatic rings. The second-order valence-electron chi connectivity index (χ2n) is 7.74. The molecule has 0 unspecified atom stereocenters. The molecule has 0 radical (unpaired) electrons. The Balaban J connectivity index is 1.97. The quantitative estimate of drug-likeness (QED) is 0.556. The average Bonchev–Trinajstić information content (AvgIpc) is 3.12. The third-order valence-electron chi connectivity index (χ3n) is 4.64. The maximum Gasteiger partial charge on any atom is 0.433 e. The molecule has 170 valence electrons. The normalized spacial score (nSPS) is 12.1. The first-order chi connectivity index (χ1) is 14.9. The number of amides is 1. The lowest BCUT2D eigenvalue weighted by Gasteiger charge is -2.17. The number of nitrogens with zero attached hydrogens (tertiary/aromatic N) is 3. The topological polar surface area (TPSA) is 106 Å². The zero-order valence-corrected chi connectivity index (χ0v) is 17.5. The van der Waals surface area contributed by atoms with Crippen molar-refractivity contribution >= 4 is 28.5 Å². The van der Waals surface area contributed by atoms with E-state index in [-0.39, 0.29) is 11.3 Å². The number of methoxy groups -OCH3 is 1. The number of halogens is 3. The van der Waals surface area contributed by atoms with Crippen LogP contribution in [0, 0.1) is 0 Å². The first kappa shape index (κ1) is 23.2. The molecule has 32 heavy (non-hydrogen) atoms. The van der Waals surface area contributed by atoms with Gasteiger partial charge in [0.05, 0.1) is 35.7 Å². The van der Waals surface area contributed by atoms with Gasteiger partial charge in [0, 0.05) is 11.9 Å². The van der Waals surface area contributed by atoms with Gasteiger partial charge in [-0.25, -0.2) is 9.78 Å². The lowest BCUT2D eigenvalue weighted by molar-refractivity contribution is -0.141. The number of nitrogens with one attached hydrogen (secondary N) is 1. The molecule has 0 bridgehead atoms. The van der Waals surface area contributed by atoms with Crippen LogP contribution >= 0.6 is 0 Å². The van der Waals surface area contributed by atoms with Gasteiger partial charge in [-0.3, -0.25) is 9.48 Å². The molecule has 2 aromatic heterocycles. The summed E-state index contributed by atoms with van der Waals surface area (Å²) in [5, 5.41) is 17.2. The molecule has 8 nitrogen and oxygen atoms in total. The number of aliphatic hydroxyl groups is 1. The monoisotopic (exact) mass is 450 g/mol. The van der Waals surface area contributed by atoms with Gasteiger partial charge in [-0.1, -0.05) is 6.07 Å². The maximum absolute atomic E-state index is 12.9. The van der Waals surface area contributed by atoms with E-state index in [0.29, 0.717) is 23.9 Å². The van der Waals surface area contributed by atoms with Crippen LogP contribution in [0.3, 0.4) is 0 Å². The Morgan fingerprint density at radius 2 is 1.94 bits per heavy atom. The highest BCUT2D eigenvalue weighted by Gasteiger charge is 2.33. The first-order valence-electron chi connectivity index (χ1n) is 9.55. The van der Waals surface area contributed by atoms with Crippen LogP contribution in [-0.4, -0.2) is 44.5 Å². The zero-order valence-electron chi connectivity index (χ0n) is 17.5. The minimum absolute atomic E-state index is 0.00895. The number of ether oxygens (including phenoxy) is 1. The molecular formula is C21H21F3N4O4. The van der Waals surface area contributed by atoms with E-state index in [4.69, 9.17) is 4.74 Å². The van der Waals surface area contributed by atoms with Crippen LogP contribution in [0.15, 0.2) is 36.5 Å². The molecule has 2 heterocycles. The van der Waals surface area contributed by atoms with Gasteiger partial charge in [0.1, 0.15) is 11.4 Å². The van der Waals surface area contributed by atoms with E-state index in [1.54, 1.807) is 18.5 Å². The van der Waals surface area contributed by atoms with Gasteiger partial charge in [-0.05, 0) is 44.5 Å². The van der Waals surface area contributed by atoms with Crippen LogP contribution in [0.5, 0.6) is 0 Å². The molecule has 0 aliphatic carbocycles. The Labute approximate surface area is 181 Å². The number of aryl methyl sites for hydroxylation is 1. The van der Waals surface area contributed by atoms with Crippen molar-refractivity contribution in [2.75, 3.05) is 12.4 Å². The van der Waals surface area contributed by atoms with Gasteiger partial charge < -0.3 is 15.2 Å². The highest BCUT2D eigenvalue weighted by Crippen LogP contribution is 2.29. The average molecular weight is 450 g/mol. The largest absolute Gasteiger partial charge is 0.465 e. The smallest absolute Gasteiger partial charge is 0.433 e. The van der Waals surface area contributed by atoms with Crippen LogP contribution < -0.4 is 5.32 Å². The highest BCUT2D eigenvalue weighted by atomic mass is 19.4. The highest BCUT2D eigenvalue weighted by molar-refractivity contribution is 6.09.